The summed E-state index contributed by atoms with van der Waals surface area (Å²) < 4.78 is 78.1. The van der Waals surface area contributed by atoms with E-state index in [-0.39, 0.29) is 6.20 Å². The van der Waals surface area contributed by atoms with Gasteiger partial charge in [0.15, 0.2) is 5.75 Å². The molecule has 0 bridgehead atoms. The van der Waals surface area contributed by atoms with E-state index in [1.54, 1.807) is 0 Å². The Balaban J connectivity index is 3.50. The van der Waals surface area contributed by atoms with Crippen molar-refractivity contribution in [3.63, 3.8) is 0 Å². The minimum Gasteiger partial charge on any atom is -0.481 e. The van der Waals surface area contributed by atoms with Crippen LogP contribution in [0.5, 0.6) is 5.75 Å². The number of carbonyl (C=O) groups is 1. The van der Waals surface area contributed by atoms with Crippen molar-refractivity contribution in [1.29, 1.82) is 0 Å². The Bertz CT molecular complexity index is 543. The Morgan fingerprint density at radius 2 is 1.81 bits per heavy atom. The van der Waals surface area contributed by atoms with Crippen molar-refractivity contribution in [2.24, 2.45) is 0 Å². The van der Waals surface area contributed by atoms with E-state index in [1.807, 2.05) is 0 Å². The van der Waals surface area contributed by atoms with E-state index in [9.17, 15) is 31.1 Å². The molecule has 11 heteroatoms. The molecule has 0 aliphatic carbocycles. The van der Waals surface area contributed by atoms with Crippen molar-refractivity contribution in [3.05, 3.63) is 23.0 Å². The van der Waals surface area contributed by atoms with Crippen molar-refractivity contribution in [1.82, 2.24) is 4.98 Å². The van der Waals surface area contributed by atoms with E-state index >= 15 is 0 Å². The molecule has 1 aromatic rings. The van der Waals surface area contributed by atoms with Gasteiger partial charge in [0.05, 0.1) is 12.6 Å². The zero-order valence-corrected chi connectivity index (χ0v) is 10.6. The molecule has 0 saturated heterocycles. The third-order valence-corrected chi connectivity index (χ3v) is 2.48. The highest BCUT2D eigenvalue weighted by Gasteiger charge is 2.39. The molecule has 0 fully saturated rings. The van der Waals surface area contributed by atoms with Crippen LogP contribution in [0.1, 0.15) is 16.8 Å². The molecule has 0 aliphatic heterocycles. The van der Waals surface area contributed by atoms with Crippen molar-refractivity contribution < 1.29 is 41.0 Å². The zero-order valence-electron chi connectivity index (χ0n) is 9.85. The minimum atomic E-state index is -5.21. The van der Waals surface area contributed by atoms with E-state index in [2.05, 4.69) is 9.72 Å². The fraction of sp³-hybridized carbons (Fsp3) is 0.400. The standard InChI is InChI=1S/C10H6ClF6NO3/c11-2-5-4(1-7(19)20)6(21-10(15,16)17)3-18-8(5)9(12,13)14/h3H,1-2H2,(H,19,20). The van der Waals surface area contributed by atoms with Gasteiger partial charge in [-0.2, -0.15) is 13.2 Å². The van der Waals surface area contributed by atoms with Crippen molar-refractivity contribution in [2.45, 2.75) is 24.8 Å². The Morgan fingerprint density at radius 1 is 1.24 bits per heavy atom. The fourth-order valence-electron chi connectivity index (χ4n) is 1.52. The second-order valence-electron chi connectivity index (χ2n) is 3.68. The number of halogens is 7. The summed E-state index contributed by atoms with van der Waals surface area (Å²) in [6.45, 7) is 0. The summed E-state index contributed by atoms with van der Waals surface area (Å²) in [5, 5.41) is 8.62. The molecule has 1 rings (SSSR count). The number of rotatable bonds is 4. The first kappa shape index (κ1) is 17.3. The number of ether oxygens (including phenoxy) is 1. The number of alkyl halides is 7. The van der Waals surface area contributed by atoms with E-state index in [0.717, 1.165) is 0 Å². The summed E-state index contributed by atoms with van der Waals surface area (Å²) >= 11 is 5.30. The van der Waals surface area contributed by atoms with Crippen LogP contribution in [-0.2, 0) is 23.3 Å². The predicted octanol–water partition coefficient (Wildman–Crippen LogP) is 3.36. The van der Waals surface area contributed by atoms with Gasteiger partial charge in [0.1, 0.15) is 5.69 Å². The Hall–Kier alpha value is -1.71. The topological polar surface area (TPSA) is 59.4 Å². The lowest BCUT2D eigenvalue weighted by atomic mass is 10.0. The SMILES string of the molecule is O=C(O)Cc1c(OC(F)(F)F)cnc(C(F)(F)F)c1CCl. The highest BCUT2D eigenvalue weighted by atomic mass is 35.5. The molecule has 0 aromatic carbocycles. The van der Waals surface area contributed by atoms with Crippen LogP contribution in [0.4, 0.5) is 26.3 Å². The van der Waals surface area contributed by atoms with Crippen molar-refractivity contribution >= 4 is 17.6 Å². The maximum atomic E-state index is 12.7. The third-order valence-electron chi connectivity index (χ3n) is 2.21. The highest BCUT2D eigenvalue weighted by Crippen LogP contribution is 2.37. The summed E-state index contributed by atoms with van der Waals surface area (Å²) in [7, 11) is 0. The molecule has 0 aliphatic rings. The summed E-state index contributed by atoms with van der Waals surface area (Å²) in [6.07, 6.45) is -11.2. The highest BCUT2D eigenvalue weighted by molar-refractivity contribution is 6.17. The largest absolute Gasteiger partial charge is 0.573 e. The number of nitrogens with zero attached hydrogens (tertiary/aromatic N) is 1. The molecule has 0 spiro atoms. The van der Waals surface area contributed by atoms with Crippen LogP contribution in [-0.4, -0.2) is 22.4 Å². The molecule has 0 amide bonds. The van der Waals surface area contributed by atoms with E-state index in [4.69, 9.17) is 16.7 Å². The van der Waals surface area contributed by atoms with Gasteiger partial charge in [0, 0.05) is 17.0 Å². The van der Waals surface area contributed by atoms with Crippen LogP contribution >= 0.6 is 11.6 Å². The minimum absolute atomic E-state index is 0.171. The Kier molecular flexibility index (Phi) is 4.92. The molecule has 1 aromatic heterocycles. The number of aromatic nitrogens is 1. The van der Waals surface area contributed by atoms with E-state index < -0.39 is 53.4 Å². The lowest BCUT2D eigenvalue weighted by molar-refractivity contribution is -0.275. The number of carboxylic acids is 1. The van der Waals surface area contributed by atoms with Crippen LogP contribution in [0, 0.1) is 0 Å². The first-order chi connectivity index (χ1) is 9.45. The second kappa shape index (κ2) is 5.96. The molecule has 4 nitrogen and oxygen atoms in total. The summed E-state index contributed by atoms with van der Waals surface area (Å²) in [6, 6.07) is 0. The van der Waals surface area contributed by atoms with Gasteiger partial charge in [-0.3, -0.25) is 4.79 Å². The van der Waals surface area contributed by atoms with Gasteiger partial charge in [-0.1, -0.05) is 0 Å². The molecule has 1 N–H and O–H groups in total. The van der Waals surface area contributed by atoms with Crippen LogP contribution in [0.25, 0.3) is 0 Å². The van der Waals surface area contributed by atoms with Gasteiger partial charge in [0.2, 0.25) is 0 Å². The lowest BCUT2D eigenvalue weighted by Crippen LogP contribution is -2.21. The van der Waals surface area contributed by atoms with Gasteiger partial charge in [-0.15, -0.1) is 24.8 Å². The normalized spacial score (nSPS) is 12.3. The van der Waals surface area contributed by atoms with Gasteiger partial charge >= 0.3 is 18.5 Å². The summed E-state index contributed by atoms with van der Waals surface area (Å²) in [5.74, 6) is -3.65. The maximum Gasteiger partial charge on any atom is 0.573 e. The first-order valence-electron chi connectivity index (χ1n) is 5.07. The van der Waals surface area contributed by atoms with E-state index in [0.29, 0.717) is 0 Å². The van der Waals surface area contributed by atoms with Gasteiger partial charge in [-0.05, 0) is 0 Å². The van der Waals surface area contributed by atoms with Crippen LogP contribution in [0.3, 0.4) is 0 Å². The Morgan fingerprint density at radius 3 is 2.19 bits per heavy atom. The predicted molar refractivity (Wildman–Crippen MR) is 56.8 cm³/mol. The molecular weight excluding hydrogens is 332 g/mol. The van der Waals surface area contributed by atoms with Crippen LogP contribution < -0.4 is 4.74 Å². The van der Waals surface area contributed by atoms with Crippen molar-refractivity contribution in [2.75, 3.05) is 0 Å². The molecule has 0 radical (unpaired) electrons. The lowest BCUT2D eigenvalue weighted by Gasteiger charge is -2.18. The first-order valence-corrected chi connectivity index (χ1v) is 5.60. The van der Waals surface area contributed by atoms with Crippen molar-refractivity contribution in [3.8, 4) is 5.75 Å². The number of hydrogen-bond donors (Lipinski definition) is 1. The molecule has 118 valence electrons. The summed E-state index contributed by atoms with van der Waals surface area (Å²) in [4.78, 5) is 13.5. The number of hydrogen-bond acceptors (Lipinski definition) is 3. The molecule has 21 heavy (non-hydrogen) atoms. The molecule has 1 heterocycles. The van der Waals surface area contributed by atoms with E-state index in [1.165, 1.54) is 0 Å². The Labute approximate surface area is 118 Å². The maximum absolute atomic E-state index is 12.7. The smallest absolute Gasteiger partial charge is 0.481 e. The number of carboxylic acid groups (broad SMARTS) is 1. The van der Waals surface area contributed by atoms with Gasteiger partial charge < -0.3 is 9.84 Å². The van der Waals surface area contributed by atoms with Crippen LogP contribution in [0.2, 0.25) is 0 Å². The molecule has 0 atom stereocenters. The average molecular weight is 338 g/mol. The zero-order chi connectivity index (χ0) is 16.4. The fourth-order valence-corrected chi connectivity index (χ4v) is 1.80. The monoisotopic (exact) mass is 337 g/mol. The number of aliphatic carboxylic acids is 1. The van der Waals surface area contributed by atoms with Gasteiger partial charge in [-0.25, -0.2) is 4.98 Å². The molecule has 0 unspecified atom stereocenters. The molecule has 0 saturated carbocycles. The van der Waals surface area contributed by atoms with Crippen LogP contribution in [0.15, 0.2) is 6.20 Å². The number of pyridine rings is 1. The second-order valence-corrected chi connectivity index (χ2v) is 3.95. The quantitative estimate of drug-likeness (QED) is 0.676. The third kappa shape index (κ3) is 4.66. The molecular formula is C10H6ClF6NO3. The van der Waals surface area contributed by atoms with Gasteiger partial charge in [0.25, 0.3) is 0 Å². The average Bonchev–Trinajstić information content (AvgIpc) is 2.26. The summed E-state index contributed by atoms with van der Waals surface area (Å²) in [5.41, 5.74) is -3.24.